The van der Waals surface area contributed by atoms with Crippen LogP contribution in [0.5, 0.6) is 0 Å². The van der Waals surface area contributed by atoms with Crippen LogP contribution in [-0.2, 0) is 28.6 Å². The number of alkyl halides is 4. The quantitative estimate of drug-likeness (QED) is 0.357. The molecule has 0 fully saturated rings. The summed E-state index contributed by atoms with van der Waals surface area (Å²) in [6.45, 7) is 3.10. The van der Waals surface area contributed by atoms with Gasteiger partial charge in [0.2, 0.25) is 0 Å². The fourth-order valence-electron chi connectivity index (χ4n) is 1.24. The van der Waals surface area contributed by atoms with Crippen LogP contribution in [0.15, 0.2) is 0 Å². The summed E-state index contributed by atoms with van der Waals surface area (Å²) < 4.78 is 63.4. The Morgan fingerprint density at radius 2 is 1.38 bits per heavy atom. The number of rotatable bonds is 9. The van der Waals surface area contributed by atoms with Crippen LogP contribution < -0.4 is 0 Å². The molecule has 0 aliphatic heterocycles. The monoisotopic (exact) mass is 360 g/mol. The lowest BCUT2D eigenvalue weighted by molar-refractivity contribution is -0.258. The van der Waals surface area contributed by atoms with Crippen molar-refractivity contribution in [3.05, 3.63) is 0 Å². The second-order valence-electron chi connectivity index (χ2n) is 5.83. The second-order valence-corrected chi connectivity index (χ2v) is 5.83. The van der Waals surface area contributed by atoms with E-state index in [-0.39, 0.29) is 6.92 Å². The van der Waals surface area contributed by atoms with Crippen molar-refractivity contribution >= 4 is 17.9 Å². The summed E-state index contributed by atoms with van der Waals surface area (Å²) in [5.41, 5.74) is -0.827. The third kappa shape index (κ3) is 9.31. The zero-order valence-corrected chi connectivity index (χ0v) is 13.8. The highest BCUT2D eigenvalue weighted by Crippen LogP contribution is 2.30. The number of ether oxygens (including phenoxy) is 3. The third-order valence-corrected chi connectivity index (χ3v) is 2.89. The minimum atomic E-state index is -4.40. The molecule has 24 heavy (non-hydrogen) atoms. The van der Waals surface area contributed by atoms with Crippen molar-refractivity contribution in [1.29, 1.82) is 0 Å². The standard InChI is InChI=1S/C14H20F4O6/c1-5-12(2,3)11(21)23-6-9(19)22-7-10(20)24-14(17,18)8-13(4,15)16/h5-8H2,1-4H3. The normalized spacial score (nSPS) is 12.5. The van der Waals surface area contributed by atoms with Gasteiger partial charge in [0.25, 0.3) is 5.92 Å². The molecule has 10 heteroatoms. The molecule has 6 nitrogen and oxygen atoms in total. The summed E-state index contributed by atoms with van der Waals surface area (Å²) in [6.07, 6.45) is -5.95. The molecule has 0 rings (SSSR count). The van der Waals surface area contributed by atoms with E-state index in [4.69, 9.17) is 0 Å². The average molecular weight is 360 g/mol. The van der Waals surface area contributed by atoms with Gasteiger partial charge in [0.05, 0.1) is 5.41 Å². The van der Waals surface area contributed by atoms with Crippen LogP contribution in [-0.4, -0.2) is 43.2 Å². The number of esters is 3. The smallest absolute Gasteiger partial charge is 0.405 e. The van der Waals surface area contributed by atoms with Gasteiger partial charge < -0.3 is 14.2 Å². The summed E-state index contributed by atoms with van der Waals surface area (Å²) in [7, 11) is 0. The van der Waals surface area contributed by atoms with Gasteiger partial charge in [-0.25, -0.2) is 18.4 Å². The number of hydrogen-bond acceptors (Lipinski definition) is 6. The van der Waals surface area contributed by atoms with Gasteiger partial charge in [0.1, 0.15) is 6.42 Å². The minimum Gasteiger partial charge on any atom is -0.453 e. The number of carbonyl (C=O) groups is 3. The van der Waals surface area contributed by atoms with Crippen molar-refractivity contribution in [1.82, 2.24) is 0 Å². The molecule has 0 amide bonds. The maximum absolute atomic E-state index is 13.0. The maximum atomic E-state index is 13.0. The van der Waals surface area contributed by atoms with E-state index in [9.17, 15) is 31.9 Å². The van der Waals surface area contributed by atoms with Crippen molar-refractivity contribution in [2.24, 2.45) is 5.41 Å². The summed E-state index contributed by atoms with van der Waals surface area (Å²) in [4.78, 5) is 33.9. The summed E-state index contributed by atoms with van der Waals surface area (Å²) in [5, 5.41) is 0. The first-order valence-corrected chi connectivity index (χ1v) is 6.99. The lowest BCUT2D eigenvalue weighted by Crippen LogP contribution is -2.34. The Morgan fingerprint density at radius 1 is 0.875 bits per heavy atom. The Bertz CT molecular complexity index is 470. The maximum Gasteiger partial charge on any atom is 0.405 e. The molecule has 0 heterocycles. The lowest BCUT2D eigenvalue weighted by atomic mass is 9.91. The first-order chi connectivity index (χ1) is 10.7. The molecule has 0 saturated carbocycles. The van der Waals surface area contributed by atoms with Crippen LogP contribution in [0.3, 0.4) is 0 Å². The lowest BCUT2D eigenvalue weighted by Gasteiger charge is -2.20. The molecule has 0 aliphatic carbocycles. The summed E-state index contributed by atoms with van der Waals surface area (Å²) >= 11 is 0. The van der Waals surface area contributed by atoms with Crippen LogP contribution in [0, 0.1) is 5.41 Å². The van der Waals surface area contributed by atoms with Crippen molar-refractivity contribution < 1.29 is 46.2 Å². The van der Waals surface area contributed by atoms with Crippen molar-refractivity contribution in [2.45, 2.75) is 52.6 Å². The number of hydrogen-bond donors (Lipinski definition) is 0. The SMILES string of the molecule is CCC(C)(C)C(=O)OCC(=O)OCC(=O)OC(F)(F)CC(C)(F)F. The molecular formula is C14H20F4O6. The van der Waals surface area contributed by atoms with Gasteiger partial charge in [0, 0.05) is 0 Å². The molecule has 0 aromatic heterocycles. The van der Waals surface area contributed by atoms with E-state index >= 15 is 0 Å². The summed E-state index contributed by atoms with van der Waals surface area (Å²) in [5.74, 6) is -7.31. The van der Waals surface area contributed by atoms with E-state index in [1.54, 1.807) is 20.8 Å². The molecule has 0 spiro atoms. The highest BCUT2D eigenvalue weighted by Gasteiger charge is 2.43. The predicted molar refractivity (Wildman–Crippen MR) is 72.3 cm³/mol. The first kappa shape index (κ1) is 22.1. The highest BCUT2D eigenvalue weighted by atomic mass is 19.3. The van der Waals surface area contributed by atoms with Crippen LogP contribution in [0.2, 0.25) is 0 Å². The van der Waals surface area contributed by atoms with Crippen LogP contribution in [0.25, 0.3) is 0 Å². The fourth-order valence-corrected chi connectivity index (χ4v) is 1.24. The Labute approximate surface area is 136 Å². The third-order valence-electron chi connectivity index (χ3n) is 2.89. The Hall–Kier alpha value is -1.87. The molecule has 0 aromatic rings. The van der Waals surface area contributed by atoms with Crippen LogP contribution >= 0.6 is 0 Å². The molecule has 0 unspecified atom stereocenters. The molecular weight excluding hydrogens is 340 g/mol. The Balaban J connectivity index is 4.24. The average Bonchev–Trinajstić information content (AvgIpc) is 2.38. The van der Waals surface area contributed by atoms with Crippen LogP contribution in [0.1, 0.15) is 40.5 Å². The predicted octanol–water partition coefficient (Wildman–Crippen LogP) is 2.69. The minimum absolute atomic E-state index is 0.237. The Kier molecular flexibility index (Phi) is 7.65. The van der Waals surface area contributed by atoms with Gasteiger partial charge in [-0.2, -0.15) is 8.78 Å². The molecule has 0 N–H and O–H groups in total. The molecule has 0 atom stereocenters. The summed E-state index contributed by atoms with van der Waals surface area (Å²) in [6, 6.07) is 0. The van der Waals surface area contributed by atoms with Gasteiger partial charge in [-0.15, -0.1) is 0 Å². The van der Waals surface area contributed by atoms with Crippen molar-refractivity contribution in [3.8, 4) is 0 Å². The first-order valence-electron chi connectivity index (χ1n) is 6.99. The molecule has 140 valence electrons. The van der Waals surface area contributed by atoms with Crippen molar-refractivity contribution in [2.75, 3.05) is 13.2 Å². The molecule has 0 aromatic carbocycles. The molecule has 0 radical (unpaired) electrons. The van der Waals surface area contributed by atoms with Gasteiger partial charge >= 0.3 is 24.0 Å². The highest BCUT2D eigenvalue weighted by molar-refractivity contribution is 5.81. The van der Waals surface area contributed by atoms with Gasteiger partial charge in [-0.05, 0) is 27.2 Å². The van der Waals surface area contributed by atoms with E-state index in [1.807, 2.05) is 0 Å². The van der Waals surface area contributed by atoms with E-state index in [2.05, 4.69) is 14.2 Å². The van der Waals surface area contributed by atoms with Gasteiger partial charge in [0.15, 0.2) is 13.2 Å². The number of carbonyl (C=O) groups excluding carboxylic acids is 3. The van der Waals surface area contributed by atoms with E-state index < -0.39 is 55.0 Å². The van der Waals surface area contributed by atoms with Gasteiger partial charge in [-0.3, -0.25) is 4.79 Å². The van der Waals surface area contributed by atoms with Crippen molar-refractivity contribution in [3.63, 3.8) is 0 Å². The number of halogens is 4. The van der Waals surface area contributed by atoms with E-state index in [1.165, 1.54) is 0 Å². The fraction of sp³-hybridized carbons (Fsp3) is 0.786. The Morgan fingerprint density at radius 3 is 1.83 bits per heavy atom. The van der Waals surface area contributed by atoms with Gasteiger partial charge in [-0.1, -0.05) is 6.92 Å². The van der Waals surface area contributed by atoms with Crippen LogP contribution in [0.4, 0.5) is 17.6 Å². The second kappa shape index (κ2) is 8.29. The van der Waals surface area contributed by atoms with E-state index in [0.29, 0.717) is 6.42 Å². The molecule has 0 bridgehead atoms. The van der Waals surface area contributed by atoms with E-state index in [0.717, 1.165) is 0 Å². The molecule has 0 aliphatic rings. The zero-order chi connectivity index (χ0) is 19.2. The zero-order valence-electron chi connectivity index (χ0n) is 13.8. The largest absolute Gasteiger partial charge is 0.453 e. The topological polar surface area (TPSA) is 78.9 Å². The molecule has 0 saturated heterocycles.